The summed E-state index contributed by atoms with van der Waals surface area (Å²) in [6.07, 6.45) is -15.7. The number of carbonyl (C=O) groups is 1. The van der Waals surface area contributed by atoms with Gasteiger partial charge in [-0.05, 0) is 53.7 Å². The van der Waals surface area contributed by atoms with Crippen LogP contribution >= 0.6 is 0 Å². The topological polar surface area (TPSA) is 47.6 Å². The number of amides is 1. The van der Waals surface area contributed by atoms with Gasteiger partial charge < -0.3 is 10.1 Å². The molecule has 1 aromatic rings. The molecule has 208 valence electrons. The highest BCUT2D eigenvalue weighted by atomic mass is 19.4. The number of anilines is 1. The van der Waals surface area contributed by atoms with Gasteiger partial charge >= 0.3 is 24.3 Å². The van der Waals surface area contributed by atoms with Gasteiger partial charge in [0.25, 0.3) is 0 Å². The van der Waals surface area contributed by atoms with Crippen LogP contribution in [0.25, 0.3) is 0 Å². The highest BCUT2D eigenvalue weighted by molar-refractivity contribution is 5.95. The second kappa shape index (κ2) is 9.38. The summed E-state index contributed by atoms with van der Waals surface area (Å²) >= 11 is 0. The zero-order valence-electron chi connectivity index (χ0n) is 21.0. The van der Waals surface area contributed by atoms with E-state index in [2.05, 4.69) is 14.8 Å². The summed E-state index contributed by atoms with van der Waals surface area (Å²) in [6, 6.07) is 7.40. The van der Waals surface area contributed by atoms with Crippen LogP contribution in [0.3, 0.4) is 0 Å². The van der Waals surface area contributed by atoms with Crippen molar-refractivity contribution in [3.05, 3.63) is 30.3 Å². The molecule has 0 fully saturated rings. The quantitative estimate of drug-likeness (QED) is 0.311. The highest BCUT2D eigenvalue weighted by Crippen LogP contribution is 2.57. The predicted molar refractivity (Wildman–Crippen MR) is 114 cm³/mol. The number of para-hydroxylation sites is 1. The summed E-state index contributed by atoms with van der Waals surface area (Å²) in [6.45, 7) is 3.82. The predicted octanol–water partition coefficient (Wildman–Crippen LogP) is 7.65. The molecule has 0 aromatic heterocycles. The lowest BCUT2D eigenvalue weighted by Crippen LogP contribution is -2.65. The van der Waals surface area contributed by atoms with E-state index in [4.69, 9.17) is 0 Å². The minimum Gasteiger partial charge on any atom is -0.325 e. The molecule has 1 N–H and O–H groups in total. The van der Waals surface area contributed by atoms with Crippen molar-refractivity contribution in [2.45, 2.75) is 90.9 Å². The molecule has 0 unspecified atom stereocenters. The van der Waals surface area contributed by atoms with E-state index < -0.39 is 52.3 Å². The van der Waals surface area contributed by atoms with E-state index in [-0.39, 0.29) is 19.5 Å². The molecule has 0 atom stereocenters. The lowest BCUT2D eigenvalue weighted by Gasteiger charge is -2.50. The Kier molecular flexibility index (Phi) is 8.34. The standard InChI is InChI=1S/C23H30F9NO3/c1-16(2,15(34)33-14-12-10-9-11-13-14)22(29,30)35-18(5,6)17(3,4)20(24,25)23(31,32)36-19(7,8)21(26,27)28/h9-13H,1-8H3,(H,33,34). The third-order valence-electron chi connectivity index (χ3n) is 6.43. The van der Waals surface area contributed by atoms with E-state index in [0.29, 0.717) is 27.7 Å². The van der Waals surface area contributed by atoms with Gasteiger partial charge in [0.05, 0.1) is 11.0 Å². The number of ether oxygens (including phenoxy) is 2. The van der Waals surface area contributed by atoms with Gasteiger partial charge in [0.2, 0.25) is 5.91 Å². The molecular weight excluding hydrogens is 509 g/mol. The van der Waals surface area contributed by atoms with Crippen LogP contribution in [-0.4, -0.2) is 41.4 Å². The van der Waals surface area contributed by atoms with Crippen molar-refractivity contribution >= 4 is 11.6 Å². The third-order valence-corrected chi connectivity index (χ3v) is 6.43. The number of hydrogen-bond donors (Lipinski definition) is 1. The van der Waals surface area contributed by atoms with Crippen LogP contribution in [0.5, 0.6) is 0 Å². The maximum absolute atomic E-state index is 15.2. The fourth-order valence-electron chi connectivity index (χ4n) is 2.70. The van der Waals surface area contributed by atoms with E-state index in [0.717, 1.165) is 13.8 Å². The average molecular weight is 539 g/mol. The Hall–Kier alpha value is -2.02. The molecule has 0 aliphatic carbocycles. The molecule has 0 bridgehead atoms. The van der Waals surface area contributed by atoms with Crippen LogP contribution in [0.15, 0.2) is 30.3 Å². The maximum Gasteiger partial charge on any atom is 0.420 e. The van der Waals surface area contributed by atoms with Crippen LogP contribution in [-0.2, 0) is 14.3 Å². The number of halogens is 9. The van der Waals surface area contributed by atoms with Gasteiger partial charge in [0.15, 0.2) is 5.60 Å². The molecule has 1 aromatic carbocycles. The number of nitrogens with one attached hydrogen (secondary N) is 1. The van der Waals surface area contributed by atoms with Gasteiger partial charge in [-0.25, -0.2) is 0 Å². The van der Waals surface area contributed by atoms with Crippen molar-refractivity contribution in [2.75, 3.05) is 5.32 Å². The Balaban J connectivity index is 3.31. The van der Waals surface area contributed by atoms with Crippen LogP contribution < -0.4 is 5.32 Å². The maximum atomic E-state index is 15.2. The molecule has 36 heavy (non-hydrogen) atoms. The Bertz CT molecular complexity index is 925. The normalized spacial score (nSPS) is 15.1. The molecule has 0 aliphatic rings. The number of carbonyl (C=O) groups excluding carboxylic acids is 1. The fourth-order valence-corrected chi connectivity index (χ4v) is 2.70. The molecule has 0 radical (unpaired) electrons. The Labute approximate surface area is 203 Å². The Morgan fingerprint density at radius 3 is 1.50 bits per heavy atom. The Morgan fingerprint density at radius 1 is 0.667 bits per heavy atom. The molecule has 4 nitrogen and oxygen atoms in total. The summed E-state index contributed by atoms with van der Waals surface area (Å²) in [5.41, 5.74) is -12.4. The van der Waals surface area contributed by atoms with Crippen LogP contribution in [0, 0.1) is 10.8 Å². The van der Waals surface area contributed by atoms with Gasteiger partial charge in [-0.3, -0.25) is 9.53 Å². The van der Waals surface area contributed by atoms with E-state index in [9.17, 15) is 26.7 Å². The van der Waals surface area contributed by atoms with Crippen molar-refractivity contribution < 1.29 is 53.8 Å². The number of rotatable bonds is 10. The average Bonchev–Trinajstić information content (AvgIpc) is 2.65. The van der Waals surface area contributed by atoms with Crippen LogP contribution in [0.4, 0.5) is 45.2 Å². The van der Waals surface area contributed by atoms with Crippen molar-refractivity contribution in [2.24, 2.45) is 10.8 Å². The minimum absolute atomic E-state index is 0.119. The van der Waals surface area contributed by atoms with Crippen LogP contribution in [0.1, 0.15) is 55.4 Å². The van der Waals surface area contributed by atoms with Crippen molar-refractivity contribution in [1.29, 1.82) is 0 Å². The summed E-state index contributed by atoms with van der Waals surface area (Å²) in [4.78, 5) is 12.6. The van der Waals surface area contributed by atoms with E-state index in [1.54, 1.807) is 6.07 Å². The molecule has 0 aliphatic heterocycles. The largest absolute Gasteiger partial charge is 0.420 e. The molecule has 1 amide bonds. The number of hydrogen-bond acceptors (Lipinski definition) is 3. The second-order valence-electron chi connectivity index (χ2n) is 10.4. The summed E-state index contributed by atoms with van der Waals surface area (Å²) in [7, 11) is 0. The minimum atomic E-state index is -5.76. The summed E-state index contributed by atoms with van der Waals surface area (Å²) < 4.78 is 137. The third kappa shape index (κ3) is 5.76. The van der Waals surface area contributed by atoms with Crippen molar-refractivity contribution in [3.8, 4) is 0 Å². The highest BCUT2D eigenvalue weighted by Gasteiger charge is 2.74. The first-order valence-electron chi connectivity index (χ1n) is 10.6. The van der Waals surface area contributed by atoms with E-state index >= 15 is 17.6 Å². The first-order chi connectivity index (χ1) is 15.7. The fraction of sp³-hybridized carbons (Fsp3) is 0.696. The van der Waals surface area contributed by atoms with Gasteiger partial charge in [0.1, 0.15) is 5.41 Å². The van der Waals surface area contributed by atoms with Gasteiger partial charge in [-0.2, -0.15) is 39.5 Å². The summed E-state index contributed by atoms with van der Waals surface area (Å²) in [5, 5.41) is 2.21. The lowest BCUT2D eigenvalue weighted by molar-refractivity contribution is -0.448. The summed E-state index contributed by atoms with van der Waals surface area (Å²) in [5.74, 6) is -6.74. The molecule has 0 saturated heterocycles. The van der Waals surface area contributed by atoms with Crippen LogP contribution in [0.2, 0.25) is 0 Å². The molecule has 0 heterocycles. The molecule has 0 saturated carbocycles. The SMILES string of the molecule is CC(C)(OC(F)(F)C(F)(F)C(C)(C)C(C)(C)OC(F)(F)C(C)(C)C(=O)Nc1ccccc1)C(F)(F)F. The molecule has 0 spiro atoms. The number of benzene rings is 1. The van der Waals surface area contributed by atoms with Gasteiger partial charge in [-0.15, -0.1) is 0 Å². The van der Waals surface area contributed by atoms with Crippen molar-refractivity contribution in [3.63, 3.8) is 0 Å². The Morgan fingerprint density at radius 2 is 1.08 bits per heavy atom. The first kappa shape index (κ1) is 32.0. The number of alkyl halides is 9. The smallest absolute Gasteiger partial charge is 0.325 e. The second-order valence-corrected chi connectivity index (χ2v) is 10.4. The zero-order valence-corrected chi connectivity index (χ0v) is 21.0. The van der Waals surface area contributed by atoms with Crippen molar-refractivity contribution in [1.82, 2.24) is 0 Å². The molecule has 13 heteroatoms. The van der Waals surface area contributed by atoms with Gasteiger partial charge in [0, 0.05) is 5.69 Å². The van der Waals surface area contributed by atoms with E-state index in [1.165, 1.54) is 24.3 Å². The van der Waals surface area contributed by atoms with E-state index in [1.807, 2.05) is 0 Å². The zero-order chi connectivity index (χ0) is 28.8. The monoisotopic (exact) mass is 539 g/mol. The molecule has 1 rings (SSSR count). The lowest BCUT2D eigenvalue weighted by atomic mass is 9.71. The first-order valence-corrected chi connectivity index (χ1v) is 10.6. The molecular formula is C23H30F9NO3. The van der Waals surface area contributed by atoms with Gasteiger partial charge in [-0.1, -0.05) is 32.0 Å².